The Labute approximate surface area is 169 Å². The second-order valence-electron chi connectivity index (χ2n) is 8.64. The Bertz CT molecular complexity index is 808. The van der Waals surface area contributed by atoms with Crippen molar-refractivity contribution in [3.05, 3.63) is 53.6 Å². The molecule has 0 saturated heterocycles. The van der Waals surface area contributed by atoms with Crippen LogP contribution in [0.2, 0.25) is 0 Å². The van der Waals surface area contributed by atoms with E-state index >= 15 is 0 Å². The Morgan fingerprint density at radius 3 is 2.14 bits per heavy atom. The number of nitrogens with one attached hydrogen (secondary N) is 1. The molecule has 0 fully saturated rings. The number of carbonyl (C=O) groups excluding carboxylic acids is 1. The molecule has 2 aromatic carbocycles. The molecule has 3 N–H and O–H groups in total. The van der Waals surface area contributed by atoms with Crippen LogP contribution >= 0.6 is 0 Å². The highest BCUT2D eigenvalue weighted by Gasteiger charge is 2.26. The van der Waals surface area contributed by atoms with Crippen molar-refractivity contribution in [3.63, 3.8) is 0 Å². The largest absolute Gasteiger partial charge is 0.483 e. The first kappa shape index (κ1) is 21.8. The summed E-state index contributed by atoms with van der Waals surface area (Å²) in [5.74, 6) is 0.581. The normalized spacial score (nSPS) is 11.9. The van der Waals surface area contributed by atoms with Crippen LogP contribution in [0.3, 0.4) is 0 Å². The van der Waals surface area contributed by atoms with Crippen LogP contribution < -0.4 is 15.8 Å². The van der Waals surface area contributed by atoms with Crippen LogP contribution in [0.1, 0.15) is 65.5 Å². The van der Waals surface area contributed by atoms with Crippen molar-refractivity contribution in [1.82, 2.24) is 0 Å². The van der Waals surface area contributed by atoms with Gasteiger partial charge in [-0.3, -0.25) is 4.79 Å². The van der Waals surface area contributed by atoms with Gasteiger partial charge in [0.05, 0.1) is 0 Å². The molecule has 2 rings (SSSR count). The maximum Gasteiger partial charge on any atom is 0.262 e. The molecule has 0 saturated carbocycles. The van der Waals surface area contributed by atoms with E-state index in [1.54, 1.807) is 24.3 Å². The van der Waals surface area contributed by atoms with Crippen LogP contribution in [-0.4, -0.2) is 12.5 Å². The van der Waals surface area contributed by atoms with Crippen molar-refractivity contribution >= 4 is 17.3 Å². The number of benzene rings is 2. The van der Waals surface area contributed by atoms with Gasteiger partial charge in [-0.15, -0.1) is 0 Å². The highest BCUT2D eigenvalue weighted by molar-refractivity contribution is 5.92. The zero-order valence-corrected chi connectivity index (χ0v) is 18.1. The summed E-state index contributed by atoms with van der Waals surface area (Å²) in [5, 5.41) is 2.84. The SMILES string of the molecule is CCC(C)(C)c1ccc(OCC(=O)Nc2ccc(N)cc2)c(C(C)(C)CC)c1. The van der Waals surface area contributed by atoms with E-state index in [4.69, 9.17) is 10.5 Å². The summed E-state index contributed by atoms with van der Waals surface area (Å²) in [6.07, 6.45) is 2.04. The maximum absolute atomic E-state index is 12.3. The fourth-order valence-electron chi connectivity index (χ4n) is 2.91. The van der Waals surface area contributed by atoms with E-state index in [-0.39, 0.29) is 23.3 Å². The first-order chi connectivity index (χ1) is 13.1. The minimum Gasteiger partial charge on any atom is -0.483 e. The number of amides is 1. The van der Waals surface area contributed by atoms with Crippen LogP contribution in [0.25, 0.3) is 0 Å². The molecule has 152 valence electrons. The second kappa shape index (κ2) is 8.68. The molecule has 0 bridgehead atoms. The Morgan fingerprint density at radius 1 is 0.964 bits per heavy atom. The minimum atomic E-state index is -0.192. The fraction of sp³-hybridized carbons (Fsp3) is 0.458. The van der Waals surface area contributed by atoms with Crippen molar-refractivity contribution in [3.8, 4) is 5.75 Å². The lowest BCUT2D eigenvalue weighted by atomic mass is 9.76. The molecule has 0 aliphatic heterocycles. The topological polar surface area (TPSA) is 64.3 Å². The van der Waals surface area contributed by atoms with E-state index in [9.17, 15) is 4.79 Å². The molecular weight excluding hydrogens is 348 g/mol. The molecule has 28 heavy (non-hydrogen) atoms. The van der Waals surface area contributed by atoms with E-state index in [2.05, 4.69) is 59.0 Å². The average Bonchev–Trinajstić information content (AvgIpc) is 2.68. The Balaban J connectivity index is 2.19. The Morgan fingerprint density at radius 2 is 1.57 bits per heavy atom. The van der Waals surface area contributed by atoms with Crippen LogP contribution in [0.15, 0.2) is 42.5 Å². The zero-order valence-electron chi connectivity index (χ0n) is 18.1. The lowest BCUT2D eigenvalue weighted by molar-refractivity contribution is -0.118. The number of nitrogens with two attached hydrogens (primary N) is 1. The Hall–Kier alpha value is -2.49. The third-order valence-electron chi connectivity index (χ3n) is 5.81. The highest BCUT2D eigenvalue weighted by Crippen LogP contribution is 2.38. The molecule has 0 aliphatic rings. The van der Waals surface area contributed by atoms with Gasteiger partial charge in [-0.25, -0.2) is 0 Å². The predicted octanol–water partition coefficient (Wildman–Crippen LogP) is 5.66. The van der Waals surface area contributed by atoms with E-state index in [0.29, 0.717) is 11.4 Å². The van der Waals surface area contributed by atoms with Crippen LogP contribution in [0, 0.1) is 0 Å². The molecular formula is C24H34N2O2. The number of anilines is 2. The van der Waals surface area contributed by atoms with E-state index in [1.165, 1.54) is 5.56 Å². The van der Waals surface area contributed by atoms with Crippen molar-refractivity contribution in [1.29, 1.82) is 0 Å². The summed E-state index contributed by atoms with van der Waals surface area (Å²) in [4.78, 5) is 12.3. The molecule has 0 heterocycles. The number of hydrogen-bond acceptors (Lipinski definition) is 3. The van der Waals surface area contributed by atoms with Gasteiger partial charge in [0.25, 0.3) is 5.91 Å². The number of ether oxygens (including phenoxy) is 1. The van der Waals surface area contributed by atoms with Gasteiger partial charge in [0.15, 0.2) is 6.61 Å². The van der Waals surface area contributed by atoms with Crippen LogP contribution in [0.4, 0.5) is 11.4 Å². The highest BCUT2D eigenvalue weighted by atomic mass is 16.5. The standard InChI is InChI=1S/C24H34N2O2/c1-7-23(3,4)17-9-14-21(20(15-17)24(5,6)8-2)28-16-22(27)26-19-12-10-18(25)11-13-19/h9-15H,7-8,16,25H2,1-6H3,(H,26,27). The molecule has 0 spiro atoms. The molecule has 0 aliphatic carbocycles. The molecule has 4 nitrogen and oxygen atoms in total. The first-order valence-corrected chi connectivity index (χ1v) is 10.0. The van der Waals surface area contributed by atoms with Gasteiger partial charge in [0, 0.05) is 16.9 Å². The van der Waals surface area contributed by atoms with Crippen molar-refractivity contribution in [2.75, 3.05) is 17.7 Å². The van der Waals surface area contributed by atoms with Gasteiger partial charge >= 0.3 is 0 Å². The maximum atomic E-state index is 12.3. The summed E-state index contributed by atoms with van der Waals surface area (Å²) in [7, 11) is 0. The van der Waals surface area contributed by atoms with E-state index in [1.807, 2.05) is 6.07 Å². The number of nitrogen functional groups attached to an aromatic ring is 1. The summed E-state index contributed by atoms with van der Waals surface area (Å²) in [6, 6.07) is 13.4. The van der Waals surface area contributed by atoms with Gasteiger partial charge < -0.3 is 15.8 Å². The molecule has 0 aromatic heterocycles. The lowest BCUT2D eigenvalue weighted by Crippen LogP contribution is -2.24. The third-order valence-corrected chi connectivity index (χ3v) is 5.81. The summed E-state index contributed by atoms with van der Waals surface area (Å²) in [6.45, 7) is 13.3. The van der Waals surface area contributed by atoms with Gasteiger partial charge in [0.1, 0.15) is 5.75 Å². The first-order valence-electron chi connectivity index (χ1n) is 10.0. The summed E-state index contributed by atoms with van der Waals surface area (Å²) >= 11 is 0. The predicted molar refractivity (Wildman–Crippen MR) is 118 cm³/mol. The molecule has 2 aromatic rings. The Kier molecular flexibility index (Phi) is 6.76. The summed E-state index contributed by atoms with van der Waals surface area (Å²) in [5.41, 5.74) is 9.55. The molecule has 0 unspecified atom stereocenters. The number of carbonyl (C=O) groups is 1. The lowest BCUT2D eigenvalue weighted by Gasteiger charge is -2.30. The van der Waals surface area contributed by atoms with E-state index in [0.717, 1.165) is 24.2 Å². The average molecular weight is 383 g/mol. The van der Waals surface area contributed by atoms with Gasteiger partial charge in [0.2, 0.25) is 0 Å². The minimum absolute atomic E-state index is 0.0340. The third kappa shape index (κ3) is 5.28. The van der Waals surface area contributed by atoms with Crippen molar-refractivity contribution in [2.45, 2.75) is 65.2 Å². The molecule has 0 radical (unpaired) electrons. The number of hydrogen-bond donors (Lipinski definition) is 2. The van der Waals surface area contributed by atoms with Gasteiger partial charge in [-0.2, -0.15) is 0 Å². The second-order valence-corrected chi connectivity index (χ2v) is 8.64. The number of rotatable bonds is 8. The van der Waals surface area contributed by atoms with Gasteiger partial charge in [-0.05, 0) is 59.6 Å². The van der Waals surface area contributed by atoms with Gasteiger partial charge in [-0.1, -0.05) is 53.7 Å². The molecule has 4 heteroatoms. The van der Waals surface area contributed by atoms with Crippen molar-refractivity contribution in [2.24, 2.45) is 0 Å². The van der Waals surface area contributed by atoms with Crippen LogP contribution in [-0.2, 0) is 15.6 Å². The monoisotopic (exact) mass is 382 g/mol. The smallest absolute Gasteiger partial charge is 0.262 e. The zero-order chi connectivity index (χ0) is 20.9. The van der Waals surface area contributed by atoms with Crippen LogP contribution in [0.5, 0.6) is 5.75 Å². The fourth-order valence-corrected chi connectivity index (χ4v) is 2.91. The van der Waals surface area contributed by atoms with E-state index < -0.39 is 0 Å². The summed E-state index contributed by atoms with van der Waals surface area (Å²) < 4.78 is 5.95. The molecule has 1 amide bonds. The molecule has 0 atom stereocenters. The van der Waals surface area contributed by atoms with Crippen molar-refractivity contribution < 1.29 is 9.53 Å². The quantitative estimate of drug-likeness (QED) is 0.579.